The van der Waals surface area contributed by atoms with Gasteiger partial charge in [-0.25, -0.2) is 0 Å². The van der Waals surface area contributed by atoms with Gasteiger partial charge in [-0.3, -0.25) is 0 Å². The molecular weight excluding hydrogens is 242 g/mol. The molecule has 3 atom stereocenters. The third-order valence-electron chi connectivity index (χ3n) is 5.83. The number of hydrogen-bond acceptors (Lipinski definition) is 1. The van der Waals surface area contributed by atoms with Gasteiger partial charge < -0.3 is 5.73 Å². The van der Waals surface area contributed by atoms with E-state index in [0.717, 1.165) is 24.3 Å². The van der Waals surface area contributed by atoms with Gasteiger partial charge in [0.2, 0.25) is 0 Å². The summed E-state index contributed by atoms with van der Waals surface area (Å²) in [5, 5.41) is 0. The van der Waals surface area contributed by atoms with Gasteiger partial charge in [0.1, 0.15) is 0 Å². The molecule has 0 aromatic heterocycles. The number of rotatable bonds is 6. The summed E-state index contributed by atoms with van der Waals surface area (Å²) in [5.41, 5.74) is 10.5. The van der Waals surface area contributed by atoms with Crippen molar-refractivity contribution in [3.8, 4) is 0 Å². The maximum atomic E-state index is 5.79. The van der Waals surface area contributed by atoms with Gasteiger partial charge in [0.15, 0.2) is 0 Å². The molecule has 2 saturated carbocycles. The first-order valence-electron chi connectivity index (χ1n) is 7.99. The molecule has 0 radical (unpaired) electrons. The fourth-order valence-corrected chi connectivity index (χ4v) is 3.72. The molecule has 2 unspecified atom stereocenters. The highest BCUT2D eigenvalue weighted by Gasteiger charge is 2.45. The number of nitrogens with two attached hydrogens (primary N) is 1. The van der Waals surface area contributed by atoms with E-state index in [1.165, 1.54) is 42.4 Å². The first-order chi connectivity index (χ1) is 9.55. The van der Waals surface area contributed by atoms with E-state index in [4.69, 9.17) is 5.73 Å². The van der Waals surface area contributed by atoms with Crippen LogP contribution in [-0.2, 0) is 12.8 Å². The molecule has 3 rings (SSSR count). The molecule has 0 saturated heterocycles. The second-order valence-corrected chi connectivity index (χ2v) is 7.18. The van der Waals surface area contributed by atoms with Crippen LogP contribution in [0.3, 0.4) is 0 Å². The largest absolute Gasteiger partial charge is 0.330 e. The Hall–Kier alpha value is -1.08. The SMILES string of the molecule is C=C(C)C1(Cc2ccc(CC3C(C)[C@H]3CN)cc2)CC1. The summed E-state index contributed by atoms with van der Waals surface area (Å²) in [4.78, 5) is 0. The molecule has 1 aromatic rings. The lowest BCUT2D eigenvalue weighted by atomic mass is 9.90. The van der Waals surface area contributed by atoms with Crippen molar-refractivity contribution in [2.75, 3.05) is 6.54 Å². The molecule has 0 aliphatic heterocycles. The molecule has 0 spiro atoms. The second kappa shape index (κ2) is 5.04. The molecule has 2 fully saturated rings. The van der Waals surface area contributed by atoms with E-state index in [1.54, 1.807) is 0 Å². The molecule has 0 bridgehead atoms. The minimum atomic E-state index is 0.428. The lowest BCUT2D eigenvalue weighted by molar-refractivity contribution is 0.606. The summed E-state index contributed by atoms with van der Waals surface area (Å²) in [6.07, 6.45) is 5.02. The van der Waals surface area contributed by atoms with Crippen molar-refractivity contribution in [2.24, 2.45) is 28.9 Å². The maximum absolute atomic E-state index is 5.79. The van der Waals surface area contributed by atoms with Crippen LogP contribution in [0.25, 0.3) is 0 Å². The predicted octanol–water partition coefficient (Wildman–Crippen LogP) is 3.97. The molecule has 2 N–H and O–H groups in total. The van der Waals surface area contributed by atoms with E-state index in [1.807, 2.05) is 0 Å². The second-order valence-electron chi connectivity index (χ2n) is 7.18. The van der Waals surface area contributed by atoms with Gasteiger partial charge in [0.25, 0.3) is 0 Å². The highest BCUT2D eigenvalue weighted by Crippen LogP contribution is 2.53. The van der Waals surface area contributed by atoms with Crippen LogP contribution in [0, 0.1) is 23.2 Å². The van der Waals surface area contributed by atoms with Gasteiger partial charge in [-0.15, -0.1) is 0 Å². The maximum Gasteiger partial charge on any atom is -0.00433 e. The Bertz CT molecular complexity index is 495. The van der Waals surface area contributed by atoms with Crippen LogP contribution in [0.5, 0.6) is 0 Å². The molecule has 1 heteroatoms. The van der Waals surface area contributed by atoms with E-state index in [-0.39, 0.29) is 0 Å². The van der Waals surface area contributed by atoms with Crippen molar-refractivity contribution in [3.05, 3.63) is 47.5 Å². The number of hydrogen-bond donors (Lipinski definition) is 1. The zero-order valence-electron chi connectivity index (χ0n) is 12.9. The van der Waals surface area contributed by atoms with Crippen LogP contribution < -0.4 is 5.73 Å². The van der Waals surface area contributed by atoms with Crippen molar-refractivity contribution >= 4 is 0 Å². The molecular formula is C19H27N. The van der Waals surface area contributed by atoms with Crippen molar-refractivity contribution in [1.29, 1.82) is 0 Å². The van der Waals surface area contributed by atoms with Gasteiger partial charge in [-0.05, 0) is 73.4 Å². The van der Waals surface area contributed by atoms with E-state index >= 15 is 0 Å². The van der Waals surface area contributed by atoms with Crippen LogP contribution >= 0.6 is 0 Å². The van der Waals surface area contributed by atoms with Crippen molar-refractivity contribution in [2.45, 2.75) is 39.5 Å². The van der Waals surface area contributed by atoms with Crippen molar-refractivity contribution in [3.63, 3.8) is 0 Å². The Morgan fingerprint density at radius 1 is 1.20 bits per heavy atom. The molecule has 0 amide bonds. The minimum Gasteiger partial charge on any atom is -0.330 e. The smallest absolute Gasteiger partial charge is 0.00433 e. The predicted molar refractivity (Wildman–Crippen MR) is 85.5 cm³/mol. The fraction of sp³-hybridized carbons (Fsp3) is 0.579. The standard InChI is InChI=1S/C19H27N/c1-13(2)19(8-9-19)11-16-6-4-15(5-7-16)10-17-14(3)18(17)12-20/h4-7,14,17-18H,1,8-12,20H2,2-3H3/t14?,17?,18-/m1/s1. The molecule has 2 aliphatic rings. The third-order valence-corrected chi connectivity index (χ3v) is 5.83. The highest BCUT2D eigenvalue weighted by atomic mass is 14.6. The lowest BCUT2D eigenvalue weighted by Crippen LogP contribution is -2.06. The first kappa shape index (κ1) is 13.9. The van der Waals surface area contributed by atoms with E-state index in [2.05, 4.69) is 44.7 Å². The summed E-state index contributed by atoms with van der Waals surface area (Å²) < 4.78 is 0. The van der Waals surface area contributed by atoms with Crippen LogP contribution in [0.15, 0.2) is 36.4 Å². The van der Waals surface area contributed by atoms with E-state index in [9.17, 15) is 0 Å². The Morgan fingerprint density at radius 3 is 2.25 bits per heavy atom. The van der Waals surface area contributed by atoms with Crippen LogP contribution in [-0.4, -0.2) is 6.54 Å². The Kier molecular flexibility index (Phi) is 3.50. The Morgan fingerprint density at radius 2 is 1.80 bits per heavy atom. The first-order valence-corrected chi connectivity index (χ1v) is 7.99. The highest BCUT2D eigenvalue weighted by molar-refractivity contribution is 5.29. The van der Waals surface area contributed by atoms with Crippen molar-refractivity contribution in [1.82, 2.24) is 0 Å². The van der Waals surface area contributed by atoms with Crippen molar-refractivity contribution < 1.29 is 0 Å². The number of allylic oxidation sites excluding steroid dienone is 1. The molecule has 0 heterocycles. The van der Waals surface area contributed by atoms with Crippen LogP contribution in [0.4, 0.5) is 0 Å². The average molecular weight is 269 g/mol. The zero-order chi connectivity index (χ0) is 14.3. The summed E-state index contributed by atoms with van der Waals surface area (Å²) >= 11 is 0. The lowest BCUT2D eigenvalue weighted by Gasteiger charge is -2.15. The van der Waals surface area contributed by atoms with Gasteiger partial charge >= 0.3 is 0 Å². The van der Waals surface area contributed by atoms with E-state index in [0.29, 0.717) is 5.41 Å². The normalized spacial score (nSPS) is 30.1. The van der Waals surface area contributed by atoms with Crippen LogP contribution in [0.1, 0.15) is 37.8 Å². The van der Waals surface area contributed by atoms with Gasteiger partial charge in [-0.1, -0.05) is 43.3 Å². The van der Waals surface area contributed by atoms with Gasteiger partial charge in [0, 0.05) is 0 Å². The number of benzene rings is 1. The molecule has 108 valence electrons. The van der Waals surface area contributed by atoms with Gasteiger partial charge in [-0.2, -0.15) is 0 Å². The molecule has 20 heavy (non-hydrogen) atoms. The topological polar surface area (TPSA) is 26.0 Å². The quantitative estimate of drug-likeness (QED) is 0.777. The minimum absolute atomic E-state index is 0.428. The summed E-state index contributed by atoms with van der Waals surface area (Å²) in [5.74, 6) is 2.39. The molecule has 2 aliphatic carbocycles. The fourth-order valence-electron chi connectivity index (χ4n) is 3.72. The Labute approximate surface area is 123 Å². The molecule has 1 aromatic carbocycles. The molecule has 1 nitrogen and oxygen atoms in total. The van der Waals surface area contributed by atoms with Gasteiger partial charge in [0.05, 0.1) is 0 Å². The van der Waals surface area contributed by atoms with Crippen LogP contribution in [0.2, 0.25) is 0 Å². The third kappa shape index (κ3) is 2.56. The summed E-state index contributed by atoms with van der Waals surface area (Å²) in [6.45, 7) is 9.53. The van der Waals surface area contributed by atoms with E-state index < -0.39 is 0 Å². The monoisotopic (exact) mass is 269 g/mol. The average Bonchev–Trinajstić information content (AvgIpc) is 3.32. The zero-order valence-corrected chi connectivity index (χ0v) is 12.9. The summed E-state index contributed by atoms with van der Waals surface area (Å²) in [7, 11) is 0. The summed E-state index contributed by atoms with van der Waals surface area (Å²) in [6, 6.07) is 9.29. The Balaban J connectivity index is 1.59.